The minimum atomic E-state index is -0.117. The third-order valence-electron chi connectivity index (χ3n) is 4.87. The summed E-state index contributed by atoms with van der Waals surface area (Å²) in [5, 5.41) is 3.72. The summed E-state index contributed by atoms with van der Waals surface area (Å²) in [6.45, 7) is 9.36. The first-order chi connectivity index (χ1) is 14.1. The summed E-state index contributed by atoms with van der Waals surface area (Å²) in [5.41, 5.74) is 1.73. The number of ether oxygens (including phenoxy) is 2. The van der Waals surface area contributed by atoms with E-state index in [1.54, 1.807) is 6.20 Å². The molecule has 3 rings (SSSR count). The molecule has 0 bridgehead atoms. The molecule has 0 spiro atoms. The highest BCUT2D eigenvalue weighted by molar-refractivity contribution is 5.92. The molecule has 1 aromatic heterocycles. The summed E-state index contributed by atoms with van der Waals surface area (Å²) in [5.74, 6) is 1.04. The molecule has 7 heteroatoms. The van der Waals surface area contributed by atoms with Gasteiger partial charge in [0.05, 0.1) is 31.4 Å². The zero-order valence-corrected chi connectivity index (χ0v) is 17.5. The second-order valence-corrected chi connectivity index (χ2v) is 7.27. The molecule has 2 aromatic rings. The molecule has 156 valence electrons. The maximum Gasteiger partial charge on any atom is 0.240 e. The van der Waals surface area contributed by atoms with Gasteiger partial charge in [-0.15, -0.1) is 0 Å². The Morgan fingerprint density at radius 3 is 2.90 bits per heavy atom. The fourth-order valence-electron chi connectivity index (χ4n) is 3.35. The maximum absolute atomic E-state index is 12.3. The Balaban J connectivity index is 1.71. The van der Waals surface area contributed by atoms with Crippen LogP contribution in [0.25, 0.3) is 16.7 Å². The molecule has 1 aliphatic heterocycles. The van der Waals surface area contributed by atoms with Crippen LogP contribution in [0.3, 0.4) is 0 Å². The number of morpholine rings is 1. The van der Waals surface area contributed by atoms with Crippen LogP contribution in [0.2, 0.25) is 0 Å². The van der Waals surface area contributed by atoms with Crippen LogP contribution < -0.4 is 5.32 Å². The van der Waals surface area contributed by atoms with Crippen LogP contribution in [-0.2, 0) is 14.3 Å². The van der Waals surface area contributed by atoms with Gasteiger partial charge in [0.2, 0.25) is 11.9 Å². The zero-order chi connectivity index (χ0) is 20.6. The van der Waals surface area contributed by atoms with Gasteiger partial charge in [0.15, 0.2) is 0 Å². The number of nitrogens with one attached hydrogen (secondary N) is 1. The molecule has 1 amide bonds. The molecule has 0 saturated carbocycles. The smallest absolute Gasteiger partial charge is 0.240 e. The van der Waals surface area contributed by atoms with Crippen molar-refractivity contribution in [1.29, 1.82) is 0 Å². The number of carbonyl (C=O) groups excluding carboxylic acids is 1. The highest BCUT2D eigenvalue weighted by Crippen LogP contribution is 2.23. The van der Waals surface area contributed by atoms with Gasteiger partial charge in [0, 0.05) is 30.2 Å². The lowest BCUT2D eigenvalue weighted by Crippen LogP contribution is -2.41. The molecule has 1 fully saturated rings. The van der Waals surface area contributed by atoms with Gasteiger partial charge in [-0.25, -0.2) is 9.97 Å². The monoisotopic (exact) mass is 398 g/mol. The van der Waals surface area contributed by atoms with E-state index in [4.69, 9.17) is 9.47 Å². The van der Waals surface area contributed by atoms with Gasteiger partial charge >= 0.3 is 0 Å². The highest BCUT2D eigenvalue weighted by atomic mass is 16.5. The predicted molar refractivity (Wildman–Crippen MR) is 115 cm³/mol. The van der Waals surface area contributed by atoms with E-state index >= 15 is 0 Å². The van der Waals surface area contributed by atoms with Crippen molar-refractivity contribution < 1.29 is 14.3 Å². The molecule has 7 nitrogen and oxygen atoms in total. The molecule has 0 radical (unpaired) electrons. The van der Waals surface area contributed by atoms with Crippen LogP contribution in [0.5, 0.6) is 0 Å². The van der Waals surface area contributed by atoms with E-state index in [2.05, 4.69) is 34.0 Å². The number of carbonyl (C=O) groups is 1. The van der Waals surface area contributed by atoms with Gasteiger partial charge < -0.3 is 9.47 Å². The Morgan fingerprint density at radius 1 is 1.38 bits per heavy atom. The predicted octanol–water partition coefficient (Wildman–Crippen LogP) is 3.47. The maximum atomic E-state index is 12.3. The van der Waals surface area contributed by atoms with Crippen LogP contribution in [0.1, 0.15) is 39.2 Å². The summed E-state index contributed by atoms with van der Waals surface area (Å²) in [4.78, 5) is 23.2. The first-order valence-electron chi connectivity index (χ1n) is 10.3. The van der Waals surface area contributed by atoms with Crippen molar-refractivity contribution in [1.82, 2.24) is 14.9 Å². The van der Waals surface area contributed by atoms with E-state index in [9.17, 15) is 4.79 Å². The van der Waals surface area contributed by atoms with Gasteiger partial charge in [-0.2, -0.15) is 0 Å². The van der Waals surface area contributed by atoms with E-state index in [1.165, 1.54) is 0 Å². The number of hydrogen-bond donors (Lipinski definition) is 1. The van der Waals surface area contributed by atoms with Crippen LogP contribution in [0.15, 0.2) is 30.5 Å². The second-order valence-electron chi connectivity index (χ2n) is 7.27. The molecular formula is C22H30N4O3. The topological polar surface area (TPSA) is 76.6 Å². The lowest BCUT2D eigenvalue weighted by Gasteiger charge is -2.25. The molecule has 1 saturated heterocycles. The summed E-state index contributed by atoms with van der Waals surface area (Å²) in [6, 6.07) is 5.96. The molecule has 1 atom stereocenters. The quantitative estimate of drug-likeness (QED) is 0.686. The van der Waals surface area contributed by atoms with Gasteiger partial charge in [-0.3, -0.25) is 15.0 Å². The molecule has 1 aromatic carbocycles. The van der Waals surface area contributed by atoms with E-state index in [0.29, 0.717) is 25.7 Å². The number of hydrogen-bond acceptors (Lipinski definition) is 6. The van der Waals surface area contributed by atoms with E-state index in [0.717, 1.165) is 48.2 Å². The molecular weight excluding hydrogens is 368 g/mol. The van der Waals surface area contributed by atoms with Crippen molar-refractivity contribution in [3.63, 3.8) is 0 Å². The van der Waals surface area contributed by atoms with Crippen LogP contribution in [-0.4, -0.2) is 59.7 Å². The molecule has 1 aliphatic rings. The van der Waals surface area contributed by atoms with Gasteiger partial charge in [0.1, 0.15) is 5.76 Å². The Labute approximate surface area is 172 Å². The number of nitrogens with zero attached hydrogens (tertiary/aromatic N) is 3. The third-order valence-corrected chi connectivity index (χ3v) is 4.87. The molecule has 29 heavy (non-hydrogen) atoms. The van der Waals surface area contributed by atoms with Crippen molar-refractivity contribution in [2.75, 3.05) is 38.2 Å². The van der Waals surface area contributed by atoms with Gasteiger partial charge in [-0.1, -0.05) is 25.5 Å². The fourth-order valence-corrected chi connectivity index (χ4v) is 3.35. The van der Waals surface area contributed by atoms with Crippen molar-refractivity contribution in [2.24, 2.45) is 0 Å². The normalized spacial score (nSPS) is 16.6. The van der Waals surface area contributed by atoms with Crippen molar-refractivity contribution in [3.8, 4) is 0 Å². The Morgan fingerprint density at radius 2 is 2.17 bits per heavy atom. The average molecular weight is 399 g/mol. The first kappa shape index (κ1) is 21.2. The SMILES string of the molecule is C/C=C(\OC(C)CCC)c1ccc2cnc(NC(=O)CN3CCOCC3)nc2c1. The summed E-state index contributed by atoms with van der Waals surface area (Å²) >= 11 is 0. The van der Waals surface area contributed by atoms with E-state index < -0.39 is 0 Å². The highest BCUT2D eigenvalue weighted by Gasteiger charge is 2.15. The Hall–Kier alpha value is -2.51. The fraction of sp³-hybridized carbons (Fsp3) is 0.500. The van der Waals surface area contributed by atoms with E-state index in [-0.39, 0.29) is 12.0 Å². The van der Waals surface area contributed by atoms with Crippen LogP contribution in [0, 0.1) is 0 Å². The number of benzene rings is 1. The Kier molecular flexibility index (Phi) is 7.55. The minimum Gasteiger partial charge on any atom is -0.490 e. The van der Waals surface area contributed by atoms with Crippen molar-refractivity contribution in [3.05, 3.63) is 36.0 Å². The standard InChI is InChI=1S/C22H30N4O3/c1-4-6-16(3)29-20(5-2)17-7-8-18-14-23-22(24-19(18)13-17)25-21(27)15-26-9-11-28-12-10-26/h5,7-8,13-14,16H,4,6,9-12,15H2,1-3H3,(H,23,24,25,27)/b20-5-. The molecule has 1 N–H and O–H groups in total. The average Bonchev–Trinajstić information content (AvgIpc) is 2.72. The number of rotatable bonds is 8. The number of allylic oxidation sites excluding steroid dienone is 1. The van der Waals surface area contributed by atoms with Gasteiger partial charge in [0.25, 0.3) is 0 Å². The number of amides is 1. The summed E-state index contributed by atoms with van der Waals surface area (Å²) in [7, 11) is 0. The third kappa shape index (κ3) is 5.98. The summed E-state index contributed by atoms with van der Waals surface area (Å²) in [6.07, 6.45) is 5.94. The number of aromatic nitrogens is 2. The van der Waals surface area contributed by atoms with Crippen molar-refractivity contribution >= 4 is 28.5 Å². The molecule has 0 aliphatic carbocycles. The lowest BCUT2D eigenvalue weighted by molar-refractivity contribution is -0.118. The number of fused-ring (bicyclic) bond motifs is 1. The largest absolute Gasteiger partial charge is 0.490 e. The minimum absolute atomic E-state index is 0.117. The van der Waals surface area contributed by atoms with Crippen molar-refractivity contribution in [2.45, 2.75) is 39.7 Å². The number of anilines is 1. The summed E-state index contributed by atoms with van der Waals surface area (Å²) < 4.78 is 11.4. The zero-order valence-electron chi connectivity index (χ0n) is 17.5. The first-order valence-corrected chi connectivity index (χ1v) is 10.3. The van der Waals surface area contributed by atoms with Crippen LogP contribution >= 0.6 is 0 Å². The molecule has 2 heterocycles. The molecule has 1 unspecified atom stereocenters. The van der Waals surface area contributed by atoms with E-state index in [1.807, 2.05) is 31.2 Å². The lowest BCUT2D eigenvalue weighted by atomic mass is 10.1. The van der Waals surface area contributed by atoms with Gasteiger partial charge in [-0.05, 0) is 32.4 Å². The van der Waals surface area contributed by atoms with Crippen LogP contribution in [0.4, 0.5) is 5.95 Å². The Bertz CT molecular complexity index is 862. The second kappa shape index (κ2) is 10.3.